The second-order valence-corrected chi connectivity index (χ2v) is 11.9. The van der Waals surface area contributed by atoms with E-state index in [4.69, 9.17) is 14.2 Å². The first-order chi connectivity index (χ1) is 17.7. The van der Waals surface area contributed by atoms with E-state index < -0.39 is 5.60 Å². The quantitative estimate of drug-likeness (QED) is 0.458. The maximum absolute atomic E-state index is 12.3. The Hall–Kier alpha value is -2.94. The molecule has 1 aliphatic carbocycles. The lowest BCUT2D eigenvalue weighted by molar-refractivity contribution is 0.0194. The number of ether oxygens (including phenoxy) is 1. The van der Waals surface area contributed by atoms with Crippen LogP contribution in [0.3, 0.4) is 0 Å². The molecule has 1 saturated heterocycles. The largest absolute Gasteiger partial charge is 0.444 e. The fourth-order valence-electron chi connectivity index (χ4n) is 5.49. The van der Waals surface area contributed by atoms with E-state index in [-0.39, 0.29) is 12.0 Å². The summed E-state index contributed by atoms with van der Waals surface area (Å²) < 4.78 is 11.1. The molecule has 1 amide bonds. The first-order valence-electron chi connectivity index (χ1n) is 13.7. The number of amides is 1. The van der Waals surface area contributed by atoms with Gasteiger partial charge in [0.15, 0.2) is 5.58 Å². The number of anilines is 1. The number of aromatic nitrogens is 3. The molecular formula is C28H40N6O3. The van der Waals surface area contributed by atoms with Crippen molar-refractivity contribution in [3.05, 3.63) is 24.0 Å². The van der Waals surface area contributed by atoms with Crippen molar-refractivity contribution in [1.29, 1.82) is 0 Å². The van der Waals surface area contributed by atoms with Gasteiger partial charge >= 0.3 is 6.09 Å². The van der Waals surface area contributed by atoms with Gasteiger partial charge in [-0.15, -0.1) is 0 Å². The highest BCUT2D eigenvalue weighted by atomic mass is 16.6. The predicted octanol–water partition coefficient (Wildman–Crippen LogP) is 5.61. The fraction of sp³-hybridized carbons (Fsp3) is 0.643. The molecule has 1 saturated carbocycles. The van der Waals surface area contributed by atoms with Gasteiger partial charge < -0.3 is 24.8 Å². The lowest BCUT2D eigenvalue weighted by Crippen LogP contribution is -2.49. The van der Waals surface area contributed by atoms with Crippen molar-refractivity contribution in [2.24, 2.45) is 0 Å². The number of hydrogen-bond acceptors (Lipinski definition) is 8. The normalized spacial score (nSPS) is 21.6. The van der Waals surface area contributed by atoms with Crippen molar-refractivity contribution in [2.45, 2.75) is 103 Å². The van der Waals surface area contributed by atoms with Crippen molar-refractivity contribution in [3.8, 4) is 0 Å². The van der Waals surface area contributed by atoms with Crippen molar-refractivity contribution >= 4 is 33.9 Å². The number of nitrogens with one attached hydrogen (secondary N) is 2. The lowest BCUT2D eigenvalue weighted by atomic mass is 9.90. The van der Waals surface area contributed by atoms with Gasteiger partial charge in [0.1, 0.15) is 5.60 Å². The number of likely N-dealkylation sites (tertiary alicyclic amines) is 1. The van der Waals surface area contributed by atoms with Crippen LogP contribution in [0.15, 0.2) is 22.9 Å². The van der Waals surface area contributed by atoms with Crippen molar-refractivity contribution in [3.63, 3.8) is 0 Å². The van der Waals surface area contributed by atoms with Crippen LogP contribution >= 0.6 is 0 Å². The number of fused-ring (bicyclic) bond motifs is 3. The molecule has 0 bridgehead atoms. The zero-order chi connectivity index (χ0) is 26.2. The molecule has 2 aromatic heterocycles. The molecule has 2 fully saturated rings. The summed E-state index contributed by atoms with van der Waals surface area (Å²) in [5.74, 6) is 0.923. The van der Waals surface area contributed by atoms with Gasteiger partial charge in [-0.2, -0.15) is 0 Å². The lowest BCUT2D eigenvalue weighted by Gasteiger charge is -2.37. The average Bonchev–Trinajstić information content (AvgIpc) is 3.30. The van der Waals surface area contributed by atoms with Gasteiger partial charge in [0.25, 0.3) is 0 Å². The van der Waals surface area contributed by atoms with Crippen LogP contribution in [0, 0.1) is 0 Å². The summed E-state index contributed by atoms with van der Waals surface area (Å²) in [6.07, 6.45) is 8.01. The van der Waals surface area contributed by atoms with E-state index in [0.717, 1.165) is 79.2 Å². The third kappa shape index (κ3) is 5.98. The summed E-state index contributed by atoms with van der Waals surface area (Å²) in [6.45, 7) is 11.5. The molecule has 9 heteroatoms. The number of carbonyl (C=O) groups is 1. The third-order valence-electron chi connectivity index (χ3n) is 7.44. The number of piperidine rings is 1. The summed E-state index contributed by atoms with van der Waals surface area (Å²) in [5.41, 5.74) is 2.15. The van der Waals surface area contributed by atoms with E-state index in [2.05, 4.69) is 34.6 Å². The Morgan fingerprint density at radius 3 is 2.41 bits per heavy atom. The van der Waals surface area contributed by atoms with E-state index in [1.807, 2.05) is 44.0 Å². The molecule has 9 nitrogen and oxygen atoms in total. The van der Waals surface area contributed by atoms with Crippen molar-refractivity contribution in [2.75, 3.05) is 18.4 Å². The highest BCUT2D eigenvalue weighted by molar-refractivity contribution is 6.04. The van der Waals surface area contributed by atoms with Crippen molar-refractivity contribution < 1.29 is 14.1 Å². The maximum Gasteiger partial charge on any atom is 0.410 e. The summed E-state index contributed by atoms with van der Waals surface area (Å²) in [5, 5.41) is 13.7. The average molecular weight is 509 g/mol. The first kappa shape index (κ1) is 25.7. The smallest absolute Gasteiger partial charge is 0.410 e. The highest BCUT2D eigenvalue weighted by Gasteiger charge is 2.29. The number of rotatable bonds is 5. The van der Waals surface area contributed by atoms with Crippen LogP contribution in [0.1, 0.15) is 84.8 Å². The minimum atomic E-state index is -0.448. The number of carbonyl (C=O) groups excluding carboxylic acids is 1. The Kier molecular flexibility index (Phi) is 7.25. The molecule has 200 valence electrons. The molecule has 2 aliphatic rings. The van der Waals surface area contributed by atoms with Gasteiger partial charge in [0.2, 0.25) is 5.95 Å². The molecule has 37 heavy (non-hydrogen) atoms. The van der Waals surface area contributed by atoms with Gasteiger partial charge in [-0.05, 0) is 77.3 Å². The van der Waals surface area contributed by atoms with Gasteiger partial charge in [-0.3, -0.25) is 0 Å². The SMILES string of the molecule is CC(C)c1noc2ccc3cnc(N[C@H]4CC[C@H](NC5CCN(C(=O)OC(C)(C)C)CC5)CC4)nc3c12. The van der Waals surface area contributed by atoms with Crippen LogP contribution in [0.2, 0.25) is 0 Å². The summed E-state index contributed by atoms with van der Waals surface area (Å²) >= 11 is 0. The molecule has 5 rings (SSSR count). The number of nitrogens with zero attached hydrogens (tertiary/aromatic N) is 4. The number of hydrogen-bond donors (Lipinski definition) is 2. The minimum Gasteiger partial charge on any atom is -0.444 e. The highest BCUT2D eigenvalue weighted by Crippen LogP contribution is 2.31. The monoisotopic (exact) mass is 508 g/mol. The minimum absolute atomic E-state index is 0.196. The van der Waals surface area contributed by atoms with Gasteiger partial charge in [-0.25, -0.2) is 14.8 Å². The maximum atomic E-state index is 12.3. The Morgan fingerprint density at radius 2 is 1.73 bits per heavy atom. The topological polar surface area (TPSA) is 105 Å². The van der Waals surface area contributed by atoms with E-state index in [1.54, 1.807) is 0 Å². The molecule has 3 aromatic rings. The fourth-order valence-corrected chi connectivity index (χ4v) is 5.49. The third-order valence-corrected chi connectivity index (χ3v) is 7.44. The summed E-state index contributed by atoms with van der Waals surface area (Å²) in [4.78, 5) is 23.6. The molecule has 2 N–H and O–H groups in total. The van der Waals surface area contributed by atoms with E-state index in [9.17, 15) is 4.79 Å². The molecule has 1 aromatic carbocycles. The Balaban J connectivity index is 1.13. The van der Waals surface area contributed by atoms with E-state index in [0.29, 0.717) is 24.1 Å². The predicted molar refractivity (Wildman–Crippen MR) is 145 cm³/mol. The van der Waals surface area contributed by atoms with Crippen LogP contribution in [-0.4, -0.2) is 62.9 Å². The Morgan fingerprint density at radius 1 is 1.05 bits per heavy atom. The molecule has 0 radical (unpaired) electrons. The van der Waals surface area contributed by atoms with E-state index in [1.165, 1.54) is 0 Å². The molecule has 0 spiro atoms. The summed E-state index contributed by atoms with van der Waals surface area (Å²) in [7, 11) is 0. The second-order valence-electron chi connectivity index (χ2n) is 11.9. The molecule has 3 heterocycles. The van der Waals surface area contributed by atoms with Crippen LogP contribution in [0.5, 0.6) is 0 Å². The summed E-state index contributed by atoms with van der Waals surface area (Å²) in [6, 6.07) is 5.27. The van der Waals surface area contributed by atoms with Crippen LogP contribution in [-0.2, 0) is 4.74 Å². The van der Waals surface area contributed by atoms with E-state index >= 15 is 0 Å². The standard InChI is InChI=1S/C28H40N6O3/c1-17(2)24-23-22(37-33-24)11-6-18-16-29-26(32-25(18)23)31-20-9-7-19(8-10-20)30-21-12-14-34(15-13-21)27(35)36-28(3,4)5/h6,11,16-17,19-21,30H,7-10,12-15H2,1-5H3,(H,29,31,32)/t19-,20-. The molecule has 0 unspecified atom stereocenters. The first-order valence-corrected chi connectivity index (χ1v) is 13.7. The Labute approximate surface area is 218 Å². The molecule has 1 aliphatic heterocycles. The molecular weight excluding hydrogens is 468 g/mol. The Bertz CT molecular complexity index is 1230. The number of benzene rings is 1. The van der Waals surface area contributed by atoms with Crippen LogP contribution < -0.4 is 10.6 Å². The van der Waals surface area contributed by atoms with Gasteiger partial charge in [-0.1, -0.05) is 19.0 Å². The van der Waals surface area contributed by atoms with Crippen molar-refractivity contribution in [1.82, 2.24) is 25.3 Å². The second kappa shape index (κ2) is 10.4. The zero-order valence-electron chi connectivity index (χ0n) is 22.7. The van der Waals surface area contributed by atoms with Crippen LogP contribution in [0.25, 0.3) is 21.9 Å². The van der Waals surface area contributed by atoms with Gasteiger partial charge in [0.05, 0.1) is 16.6 Å². The zero-order valence-corrected chi connectivity index (χ0v) is 22.7. The van der Waals surface area contributed by atoms with Gasteiger partial charge in [0, 0.05) is 42.8 Å². The van der Waals surface area contributed by atoms with Crippen LogP contribution in [0.4, 0.5) is 10.7 Å². The molecule has 0 atom stereocenters.